The van der Waals surface area contributed by atoms with Gasteiger partial charge < -0.3 is 0 Å². The molecule has 0 aliphatic heterocycles. The summed E-state index contributed by atoms with van der Waals surface area (Å²) in [6.07, 6.45) is 14.3. The Morgan fingerprint density at radius 3 is 0.802 bits per heavy atom. The predicted molar refractivity (Wildman–Crippen MR) is 378 cm³/mol. The number of hydrogen-bond acceptors (Lipinski definition) is 0. The molecule has 0 N–H and O–H groups in total. The molecule has 436 valence electrons. The van der Waals surface area contributed by atoms with Crippen molar-refractivity contribution in [1.82, 2.24) is 0 Å². The zero-order valence-electron chi connectivity index (χ0n) is 54.5. The van der Waals surface area contributed by atoms with Crippen LogP contribution in [0.3, 0.4) is 0 Å². The summed E-state index contributed by atoms with van der Waals surface area (Å²) in [6.45, 7) is 33.0. The SMILES string of the molecule is C#CC1(C)c2ccccc2-c2cc3c(cc21)-c1ccccc1C3(C)C#C.CC.CC.CC.CC.CC.CC.CC1c2ccccc2-c2cc3c(cc21)-c1ccccc1C3C.c1ccc2c(c1)Cc1ccccc1-2.c1ccc2c(c1)Cc1ccccc1-2. The van der Waals surface area contributed by atoms with Crippen LogP contribution in [0.25, 0.3) is 66.8 Å². The topological polar surface area (TPSA) is 0 Å². The van der Waals surface area contributed by atoms with E-state index in [0.29, 0.717) is 11.8 Å². The zero-order chi connectivity index (χ0) is 62.3. The van der Waals surface area contributed by atoms with Crippen LogP contribution in [0.2, 0.25) is 0 Å². The second kappa shape index (κ2) is 29.4. The molecule has 16 rings (SSSR count). The third kappa shape index (κ3) is 11.6. The first-order valence-corrected chi connectivity index (χ1v) is 32.2. The van der Waals surface area contributed by atoms with Crippen molar-refractivity contribution in [1.29, 1.82) is 0 Å². The maximum Gasteiger partial charge on any atom is 0.0793 e. The molecule has 0 saturated carbocycles. The van der Waals surface area contributed by atoms with Crippen LogP contribution in [-0.2, 0) is 23.7 Å². The molecule has 4 unspecified atom stereocenters. The van der Waals surface area contributed by atoms with E-state index in [1.54, 1.807) is 0 Å². The first kappa shape index (κ1) is 64.9. The van der Waals surface area contributed by atoms with Gasteiger partial charge in [0, 0.05) is 11.8 Å². The summed E-state index contributed by atoms with van der Waals surface area (Å²) in [5.74, 6) is 7.12. The minimum absolute atomic E-state index is 0.412. The lowest BCUT2D eigenvalue weighted by atomic mass is 9.78. The van der Waals surface area contributed by atoms with E-state index >= 15 is 0 Å². The maximum atomic E-state index is 6.03. The number of rotatable bonds is 0. The summed E-state index contributed by atoms with van der Waals surface area (Å²) in [4.78, 5) is 0. The molecule has 0 amide bonds. The summed E-state index contributed by atoms with van der Waals surface area (Å²) in [5, 5.41) is 0. The quantitative estimate of drug-likeness (QED) is 0.133. The van der Waals surface area contributed by atoms with Crippen molar-refractivity contribution in [2.45, 2.75) is 146 Å². The lowest BCUT2D eigenvalue weighted by Crippen LogP contribution is -2.19. The van der Waals surface area contributed by atoms with E-state index in [0.717, 1.165) is 12.8 Å². The molecule has 86 heavy (non-hydrogen) atoms. The van der Waals surface area contributed by atoms with Crippen molar-refractivity contribution in [2.24, 2.45) is 0 Å². The molecular weight excluding hydrogens is 1030 g/mol. The van der Waals surface area contributed by atoms with Gasteiger partial charge in [-0.3, -0.25) is 0 Å². The Labute approximate surface area is 519 Å². The van der Waals surface area contributed by atoms with Crippen molar-refractivity contribution in [3.8, 4) is 91.4 Å². The summed E-state index contributed by atoms with van der Waals surface area (Å²) in [7, 11) is 0. The highest BCUT2D eigenvalue weighted by atomic mass is 14.4. The molecule has 0 bridgehead atoms. The first-order valence-electron chi connectivity index (χ1n) is 32.2. The van der Waals surface area contributed by atoms with Gasteiger partial charge in [0.2, 0.25) is 0 Å². The van der Waals surface area contributed by atoms with E-state index in [4.69, 9.17) is 12.8 Å². The van der Waals surface area contributed by atoms with Gasteiger partial charge in [-0.1, -0.05) is 303 Å². The minimum atomic E-state index is -0.412. The molecular formula is C86H92. The van der Waals surface area contributed by atoms with Crippen LogP contribution in [0.15, 0.2) is 218 Å². The Morgan fingerprint density at radius 1 is 0.267 bits per heavy atom. The van der Waals surface area contributed by atoms with Crippen molar-refractivity contribution >= 4 is 0 Å². The monoisotopic (exact) mass is 1120 g/mol. The normalized spacial score (nSPS) is 16.6. The fourth-order valence-corrected chi connectivity index (χ4v) is 13.3. The molecule has 0 heterocycles. The van der Waals surface area contributed by atoms with Crippen LogP contribution >= 0.6 is 0 Å². The molecule has 6 aliphatic carbocycles. The molecule has 0 fully saturated rings. The molecule has 0 nitrogen and oxygen atoms in total. The number of benzene rings is 10. The van der Waals surface area contributed by atoms with E-state index in [2.05, 4.69) is 258 Å². The van der Waals surface area contributed by atoms with Crippen molar-refractivity contribution in [3.63, 3.8) is 0 Å². The molecule has 0 saturated heterocycles. The van der Waals surface area contributed by atoms with Crippen LogP contribution in [0.1, 0.15) is 189 Å². The first-order chi connectivity index (χ1) is 42.2. The summed E-state index contributed by atoms with van der Waals surface area (Å²) in [5.41, 5.74) is 32.1. The van der Waals surface area contributed by atoms with Crippen LogP contribution in [0, 0.1) is 24.7 Å². The minimum Gasteiger partial charge on any atom is -0.119 e. The number of terminal acetylenes is 2. The van der Waals surface area contributed by atoms with E-state index in [-0.39, 0.29) is 0 Å². The summed E-state index contributed by atoms with van der Waals surface area (Å²) >= 11 is 0. The third-order valence-electron chi connectivity index (χ3n) is 17.3. The van der Waals surface area contributed by atoms with E-state index < -0.39 is 10.8 Å². The van der Waals surface area contributed by atoms with Crippen molar-refractivity contribution in [3.05, 3.63) is 285 Å². The lowest BCUT2D eigenvalue weighted by molar-refractivity contribution is 0.769. The second-order valence-corrected chi connectivity index (χ2v) is 21.2. The van der Waals surface area contributed by atoms with Gasteiger partial charge in [0.1, 0.15) is 0 Å². The van der Waals surface area contributed by atoms with Crippen LogP contribution in [0.4, 0.5) is 0 Å². The smallest absolute Gasteiger partial charge is 0.0793 e. The van der Waals surface area contributed by atoms with Gasteiger partial charge in [-0.25, -0.2) is 0 Å². The van der Waals surface area contributed by atoms with Gasteiger partial charge in [0.25, 0.3) is 0 Å². The molecule has 0 aromatic heterocycles. The van der Waals surface area contributed by atoms with E-state index in [9.17, 15) is 0 Å². The van der Waals surface area contributed by atoms with Gasteiger partial charge in [-0.2, -0.15) is 0 Å². The molecule has 6 aliphatic rings. The fourth-order valence-electron chi connectivity index (χ4n) is 13.3. The third-order valence-corrected chi connectivity index (χ3v) is 17.3. The zero-order valence-corrected chi connectivity index (χ0v) is 54.5. The summed E-state index contributed by atoms with van der Waals surface area (Å²) in [6, 6.07) is 78.8. The summed E-state index contributed by atoms with van der Waals surface area (Å²) < 4.78 is 0. The van der Waals surface area contributed by atoms with Gasteiger partial charge >= 0.3 is 0 Å². The van der Waals surface area contributed by atoms with Crippen LogP contribution < -0.4 is 0 Å². The van der Waals surface area contributed by atoms with Gasteiger partial charge in [0.05, 0.1) is 10.8 Å². The average Bonchev–Trinajstić information content (AvgIpc) is 2.94. The molecule has 10 aromatic rings. The Kier molecular flexibility index (Phi) is 22.2. The second-order valence-electron chi connectivity index (χ2n) is 21.2. The number of hydrogen-bond donors (Lipinski definition) is 0. The standard InChI is InChI=1S/C26H18.C22H18.2C13H10.6C2H6/c1-5-25(3)21-13-9-7-11-17(21)19-16-24-20(15-23(19)25)18-12-8-10-14-22(18)26(24,4)6-2;1-13-15-7-3-5-9-17(15)21-12-20-14(2)16-8-4-6-10-18(16)22(20)11-19(13)21;2*1-3-7-12-10(5-1)9-11-6-2-4-8-13(11)12;6*1-2/h1-2,7-16H,3-4H3;3-14H,1-2H3;2*1-8H,9H2;6*1-2H3. The van der Waals surface area contributed by atoms with Crippen molar-refractivity contribution < 1.29 is 0 Å². The largest absolute Gasteiger partial charge is 0.119 e. The van der Waals surface area contributed by atoms with Gasteiger partial charge in [0.15, 0.2) is 0 Å². The number of fused-ring (bicyclic) bond motifs is 18. The fraction of sp³-hybridized carbons (Fsp3) is 0.256. The van der Waals surface area contributed by atoms with Crippen LogP contribution in [-0.4, -0.2) is 0 Å². The predicted octanol–water partition coefficient (Wildman–Crippen LogP) is 24.1. The highest BCUT2D eigenvalue weighted by Crippen LogP contribution is 2.56. The Balaban J connectivity index is 0.000000160. The maximum absolute atomic E-state index is 6.03. The molecule has 4 atom stereocenters. The average molecular weight is 1130 g/mol. The van der Waals surface area contributed by atoms with Gasteiger partial charge in [-0.15, -0.1) is 12.8 Å². The van der Waals surface area contributed by atoms with Crippen molar-refractivity contribution in [2.75, 3.05) is 0 Å². The van der Waals surface area contributed by atoms with Gasteiger partial charge in [-0.05, 0) is 184 Å². The van der Waals surface area contributed by atoms with E-state index in [1.807, 2.05) is 83.1 Å². The van der Waals surface area contributed by atoms with Crippen LogP contribution in [0.5, 0.6) is 0 Å². The molecule has 0 radical (unpaired) electrons. The molecule has 0 heteroatoms. The Bertz CT molecular complexity index is 3660. The molecule has 10 aromatic carbocycles. The Morgan fingerprint density at radius 2 is 0.512 bits per heavy atom. The highest BCUT2D eigenvalue weighted by molar-refractivity contribution is 5.92. The Hall–Kier alpha value is -8.68. The molecule has 0 spiro atoms. The highest BCUT2D eigenvalue weighted by Gasteiger charge is 2.44. The van der Waals surface area contributed by atoms with E-state index in [1.165, 1.54) is 134 Å². The lowest BCUT2D eigenvalue weighted by Gasteiger charge is -2.23.